The third-order valence-corrected chi connectivity index (χ3v) is 4.53. The van der Waals surface area contributed by atoms with Crippen molar-refractivity contribution in [2.45, 2.75) is 13.8 Å². The number of hydrogen-bond donors (Lipinski definition) is 0. The highest BCUT2D eigenvalue weighted by Gasteiger charge is 2.16. The van der Waals surface area contributed by atoms with Crippen LogP contribution in [0.3, 0.4) is 0 Å². The number of benzene rings is 2. The molecular formula is C22H17NO2. The van der Waals surface area contributed by atoms with Gasteiger partial charge in [0.05, 0.1) is 0 Å². The maximum atomic E-state index is 12.1. The molecule has 0 bridgehead atoms. The van der Waals surface area contributed by atoms with Crippen molar-refractivity contribution in [2.24, 2.45) is 0 Å². The molecule has 4 aromatic rings. The summed E-state index contributed by atoms with van der Waals surface area (Å²) in [7, 11) is 0. The van der Waals surface area contributed by atoms with Crippen molar-refractivity contribution in [3.05, 3.63) is 88.5 Å². The molecule has 0 saturated carbocycles. The molecule has 0 unspecified atom stereocenters. The van der Waals surface area contributed by atoms with Crippen LogP contribution in [0.15, 0.2) is 76.2 Å². The Kier molecular flexibility index (Phi) is 3.69. The predicted molar refractivity (Wildman–Crippen MR) is 101 cm³/mol. The second-order valence-electron chi connectivity index (χ2n) is 6.15. The highest BCUT2D eigenvalue weighted by atomic mass is 16.4. The van der Waals surface area contributed by atoms with Crippen molar-refractivity contribution in [1.82, 2.24) is 4.98 Å². The van der Waals surface area contributed by atoms with E-state index >= 15 is 0 Å². The summed E-state index contributed by atoms with van der Waals surface area (Å²) in [6, 6.07) is 17.5. The van der Waals surface area contributed by atoms with E-state index in [-0.39, 0.29) is 5.63 Å². The lowest BCUT2D eigenvalue weighted by molar-refractivity contribution is 0.561. The summed E-state index contributed by atoms with van der Waals surface area (Å²) in [6.45, 7) is 4.12. The molecule has 0 spiro atoms. The predicted octanol–water partition coefficient (Wildman–Crippen LogP) is 5.14. The van der Waals surface area contributed by atoms with Crippen molar-refractivity contribution in [3.8, 4) is 22.3 Å². The molecule has 2 aromatic carbocycles. The largest absolute Gasteiger partial charge is 0.423 e. The first kappa shape index (κ1) is 15.3. The summed E-state index contributed by atoms with van der Waals surface area (Å²) in [5, 5.41) is 0.975. The van der Waals surface area contributed by atoms with Gasteiger partial charge in [0.25, 0.3) is 0 Å². The van der Waals surface area contributed by atoms with E-state index in [2.05, 4.69) is 11.9 Å². The summed E-state index contributed by atoms with van der Waals surface area (Å²) < 4.78 is 5.51. The Morgan fingerprint density at radius 1 is 0.880 bits per heavy atom. The minimum absolute atomic E-state index is 0.332. The van der Waals surface area contributed by atoms with Crippen LogP contribution in [0, 0.1) is 13.8 Å². The zero-order valence-electron chi connectivity index (χ0n) is 14.1. The van der Waals surface area contributed by atoms with E-state index in [1.165, 1.54) is 0 Å². The van der Waals surface area contributed by atoms with Gasteiger partial charge in [-0.2, -0.15) is 0 Å². The molecule has 0 amide bonds. The van der Waals surface area contributed by atoms with E-state index in [0.29, 0.717) is 5.58 Å². The Morgan fingerprint density at radius 3 is 2.32 bits per heavy atom. The lowest BCUT2D eigenvalue weighted by Gasteiger charge is -2.15. The van der Waals surface area contributed by atoms with E-state index in [1.807, 2.05) is 55.5 Å². The fourth-order valence-corrected chi connectivity index (χ4v) is 3.50. The highest BCUT2D eigenvalue weighted by molar-refractivity contribution is 6.00. The van der Waals surface area contributed by atoms with Crippen LogP contribution in [0.2, 0.25) is 0 Å². The second-order valence-corrected chi connectivity index (χ2v) is 6.15. The van der Waals surface area contributed by atoms with Crippen molar-refractivity contribution in [2.75, 3.05) is 0 Å². The van der Waals surface area contributed by atoms with Gasteiger partial charge in [0.2, 0.25) is 0 Å². The number of aromatic nitrogens is 1. The standard InChI is InChI=1S/C22H17NO2/c1-14-12-19-22(15(2)21(14)17-8-10-23-11-9-17)18(13-20(24)25-19)16-6-4-3-5-7-16/h3-13H,1-2H3. The highest BCUT2D eigenvalue weighted by Crippen LogP contribution is 2.37. The number of rotatable bonds is 2. The summed E-state index contributed by atoms with van der Waals surface area (Å²) >= 11 is 0. The van der Waals surface area contributed by atoms with Gasteiger partial charge in [0, 0.05) is 29.4 Å². The van der Waals surface area contributed by atoms with E-state index in [0.717, 1.165) is 38.8 Å². The Bertz CT molecular complexity index is 1110. The molecule has 2 heterocycles. The van der Waals surface area contributed by atoms with Gasteiger partial charge in [-0.05, 0) is 59.9 Å². The summed E-state index contributed by atoms with van der Waals surface area (Å²) in [5.41, 5.74) is 6.64. The third-order valence-electron chi connectivity index (χ3n) is 4.53. The zero-order chi connectivity index (χ0) is 17.4. The minimum atomic E-state index is -0.332. The molecule has 3 heteroatoms. The van der Waals surface area contributed by atoms with Gasteiger partial charge in [0.1, 0.15) is 5.58 Å². The molecule has 2 aromatic heterocycles. The lowest BCUT2D eigenvalue weighted by Crippen LogP contribution is -2.01. The minimum Gasteiger partial charge on any atom is -0.423 e. The maximum absolute atomic E-state index is 12.1. The van der Waals surface area contributed by atoms with E-state index in [4.69, 9.17) is 4.42 Å². The van der Waals surface area contributed by atoms with Crippen molar-refractivity contribution in [1.29, 1.82) is 0 Å². The van der Waals surface area contributed by atoms with Crippen LogP contribution in [0.4, 0.5) is 0 Å². The average Bonchev–Trinajstić information content (AvgIpc) is 2.62. The van der Waals surface area contributed by atoms with Crippen LogP contribution in [-0.4, -0.2) is 4.98 Å². The van der Waals surface area contributed by atoms with Gasteiger partial charge in [0.15, 0.2) is 0 Å². The topological polar surface area (TPSA) is 43.1 Å². The van der Waals surface area contributed by atoms with Gasteiger partial charge in [-0.15, -0.1) is 0 Å². The van der Waals surface area contributed by atoms with Gasteiger partial charge in [-0.1, -0.05) is 30.3 Å². The third kappa shape index (κ3) is 2.64. The summed E-state index contributed by atoms with van der Waals surface area (Å²) in [6.07, 6.45) is 3.59. The molecule has 0 saturated heterocycles. The first-order chi connectivity index (χ1) is 12.1. The van der Waals surface area contributed by atoms with Gasteiger partial charge < -0.3 is 4.42 Å². The van der Waals surface area contributed by atoms with Gasteiger partial charge in [-0.3, -0.25) is 4.98 Å². The molecule has 0 aliphatic carbocycles. The SMILES string of the molecule is Cc1cc2oc(=O)cc(-c3ccccc3)c2c(C)c1-c1ccncc1. The average molecular weight is 327 g/mol. The molecule has 25 heavy (non-hydrogen) atoms. The normalized spacial score (nSPS) is 11.0. The van der Waals surface area contributed by atoms with E-state index in [9.17, 15) is 4.79 Å². The number of fused-ring (bicyclic) bond motifs is 1. The second kappa shape index (κ2) is 6.02. The molecule has 0 N–H and O–H groups in total. The molecule has 3 nitrogen and oxygen atoms in total. The van der Waals surface area contributed by atoms with Crippen LogP contribution < -0.4 is 5.63 Å². The molecular weight excluding hydrogens is 310 g/mol. The van der Waals surface area contributed by atoms with Crippen molar-refractivity contribution < 1.29 is 4.42 Å². The molecule has 0 atom stereocenters. The van der Waals surface area contributed by atoms with Crippen LogP contribution in [0.5, 0.6) is 0 Å². The van der Waals surface area contributed by atoms with Crippen LogP contribution in [-0.2, 0) is 0 Å². The number of pyridine rings is 1. The van der Waals surface area contributed by atoms with Crippen molar-refractivity contribution in [3.63, 3.8) is 0 Å². The first-order valence-corrected chi connectivity index (χ1v) is 8.19. The Labute approximate surface area is 145 Å². The fourth-order valence-electron chi connectivity index (χ4n) is 3.50. The maximum Gasteiger partial charge on any atom is 0.336 e. The molecule has 4 rings (SSSR count). The van der Waals surface area contributed by atoms with Crippen LogP contribution in [0.1, 0.15) is 11.1 Å². The molecule has 0 aliphatic rings. The number of hydrogen-bond acceptors (Lipinski definition) is 3. The zero-order valence-corrected chi connectivity index (χ0v) is 14.1. The smallest absolute Gasteiger partial charge is 0.336 e. The monoisotopic (exact) mass is 327 g/mol. The van der Waals surface area contributed by atoms with Crippen LogP contribution >= 0.6 is 0 Å². The number of nitrogens with zero attached hydrogens (tertiary/aromatic N) is 1. The molecule has 122 valence electrons. The van der Waals surface area contributed by atoms with Gasteiger partial charge in [-0.25, -0.2) is 4.79 Å². The number of aryl methyl sites for hydroxylation is 2. The molecule has 0 fully saturated rings. The Hall–Kier alpha value is -3.20. The summed E-state index contributed by atoms with van der Waals surface area (Å²) in [5.74, 6) is 0. The Balaban J connectivity index is 2.13. The van der Waals surface area contributed by atoms with E-state index in [1.54, 1.807) is 18.5 Å². The quantitative estimate of drug-likeness (QED) is 0.479. The van der Waals surface area contributed by atoms with Gasteiger partial charge >= 0.3 is 5.63 Å². The Morgan fingerprint density at radius 2 is 1.60 bits per heavy atom. The van der Waals surface area contributed by atoms with Crippen molar-refractivity contribution >= 4 is 11.0 Å². The molecule has 0 radical (unpaired) electrons. The molecule has 0 aliphatic heterocycles. The van der Waals surface area contributed by atoms with E-state index < -0.39 is 0 Å². The fraction of sp³-hybridized carbons (Fsp3) is 0.0909. The lowest BCUT2D eigenvalue weighted by atomic mass is 9.90. The first-order valence-electron chi connectivity index (χ1n) is 8.19. The van der Waals surface area contributed by atoms with Crippen LogP contribution in [0.25, 0.3) is 33.2 Å². The summed E-state index contributed by atoms with van der Waals surface area (Å²) in [4.78, 5) is 16.2.